The van der Waals surface area contributed by atoms with E-state index < -0.39 is 27.7 Å². The summed E-state index contributed by atoms with van der Waals surface area (Å²) in [7, 11) is -5.81. The molecule has 1 rings (SSSR count). The molecule has 1 saturated carbocycles. The molecule has 0 unspecified atom stereocenters. The van der Waals surface area contributed by atoms with Crippen molar-refractivity contribution in [3.8, 4) is 0 Å². The standard InChI is InChI=1S/C12H19F3O5S/c1-2-19-11(16)10(8-9-6-4-3-5-7-9)20-21(17,18)12(13,14)15/h9-10H,2-8H2,1H3/t10-/m0/s1. The van der Waals surface area contributed by atoms with Crippen molar-refractivity contribution in [3.63, 3.8) is 0 Å². The maximum atomic E-state index is 12.4. The van der Waals surface area contributed by atoms with Crippen LogP contribution in [0.15, 0.2) is 0 Å². The lowest BCUT2D eigenvalue weighted by Gasteiger charge is -2.25. The van der Waals surface area contributed by atoms with Crippen molar-refractivity contribution in [3.05, 3.63) is 0 Å². The van der Waals surface area contributed by atoms with Gasteiger partial charge in [0.05, 0.1) is 6.61 Å². The molecule has 1 atom stereocenters. The van der Waals surface area contributed by atoms with Gasteiger partial charge in [0.25, 0.3) is 0 Å². The molecule has 0 bridgehead atoms. The third-order valence-electron chi connectivity index (χ3n) is 3.35. The zero-order valence-corrected chi connectivity index (χ0v) is 12.5. The third-order valence-corrected chi connectivity index (χ3v) is 4.40. The van der Waals surface area contributed by atoms with Crippen molar-refractivity contribution in [1.29, 1.82) is 0 Å². The molecule has 0 spiro atoms. The van der Waals surface area contributed by atoms with E-state index in [9.17, 15) is 26.4 Å². The molecule has 0 aromatic heterocycles. The number of hydrogen-bond donors (Lipinski definition) is 0. The molecule has 21 heavy (non-hydrogen) atoms. The second-order valence-electron chi connectivity index (χ2n) is 4.98. The molecule has 0 heterocycles. The summed E-state index contributed by atoms with van der Waals surface area (Å²) in [5, 5.41) is 0. The van der Waals surface area contributed by atoms with Gasteiger partial charge < -0.3 is 4.74 Å². The average molecular weight is 332 g/mol. The molecule has 0 saturated heterocycles. The molecular weight excluding hydrogens is 313 g/mol. The number of rotatable bonds is 6. The lowest BCUT2D eigenvalue weighted by atomic mass is 9.85. The Labute approximate surface area is 121 Å². The fourth-order valence-corrected chi connectivity index (χ4v) is 2.92. The van der Waals surface area contributed by atoms with E-state index in [-0.39, 0.29) is 18.9 Å². The van der Waals surface area contributed by atoms with Crippen LogP contribution in [0, 0.1) is 5.92 Å². The molecular formula is C12H19F3O5S. The first-order chi connectivity index (χ1) is 9.67. The van der Waals surface area contributed by atoms with Gasteiger partial charge in [0, 0.05) is 0 Å². The van der Waals surface area contributed by atoms with Crippen LogP contribution in [-0.4, -0.2) is 32.6 Å². The summed E-state index contributed by atoms with van der Waals surface area (Å²) < 4.78 is 67.9. The summed E-state index contributed by atoms with van der Waals surface area (Å²) in [5.74, 6) is -1.10. The van der Waals surface area contributed by atoms with Crippen LogP contribution >= 0.6 is 0 Å². The molecule has 1 aliphatic rings. The van der Waals surface area contributed by atoms with Gasteiger partial charge in [-0.25, -0.2) is 8.98 Å². The molecule has 0 radical (unpaired) electrons. The molecule has 0 N–H and O–H groups in total. The highest BCUT2D eigenvalue weighted by Gasteiger charge is 2.50. The first kappa shape index (κ1) is 18.2. The summed E-state index contributed by atoms with van der Waals surface area (Å²) in [4.78, 5) is 11.6. The van der Waals surface area contributed by atoms with Crippen molar-refractivity contribution >= 4 is 16.1 Å². The first-order valence-electron chi connectivity index (χ1n) is 6.83. The highest BCUT2D eigenvalue weighted by Crippen LogP contribution is 2.31. The number of carbonyl (C=O) groups excluding carboxylic acids is 1. The maximum absolute atomic E-state index is 12.4. The number of alkyl halides is 3. The Morgan fingerprint density at radius 1 is 1.24 bits per heavy atom. The Bertz CT molecular complexity index is 440. The van der Waals surface area contributed by atoms with Crippen LogP contribution in [0.4, 0.5) is 13.2 Å². The number of hydrogen-bond acceptors (Lipinski definition) is 5. The van der Waals surface area contributed by atoms with Gasteiger partial charge in [0.1, 0.15) is 0 Å². The normalized spacial score (nSPS) is 19.2. The Balaban J connectivity index is 2.79. The molecule has 1 fully saturated rings. The summed E-state index contributed by atoms with van der Waals surface area (Å²) in [5.41, 5.74) is -5.55. The minimum Gasteiger partial charge on any atom is -0.464 e. The highest BCUT2D eigenvalue weighted by atomic mass is 32.2. The van der Waals surface area contributed by atoms with Crippen molar-refractivity contribution in [2.45, 2.75) is 57.1 Å². The molecule has 0 amide bonds. The van der Waals surface area contributed by atoms with E-state index >= 15 is 0 Å². The van der Waals surface area contributed by atoms with Crippen LogP contribution < -0.4 is 0 Å². The second kappa shape index (κ2) is 7.44. The third kappa shape index (κ3) is 5.46. The van der Waals surface area contributed by atoms with E-state index in [0.29, 0.717) is 0 Å². The van der Waals surface area contributed by atoms with Crippen molar-refractivity contribution < 1.29 is 35.3 Å². The van der Waals surface area contributed by atoms with Gasteiger partial charge in [0.2, 0.25) is 0 Å². The fourth-order valence-electron chi connectivity index (χ4n) is 2.34. The smallest absolute Gasteiger partial charge is 0.464 e. The minimum absolute atomic E-state index is 0.0309. The first-order valence-corrected chi connectivity index (χ1v) is 8.24. The van der Waals surface area contributed by atoms with Gasteiger partial charge >= 0.3 is 21.6 Å². The van der Waals surface area contributed by atoms with E-state index in [1.165, 1.54) is 6.92 Å². The van der Waals surface area contributed by atoms with Gasteiger partial charge in [-0.05, 0) is 19.3 Å². The summed E-state index contributed by atoms with van der Waals surface area (Å²) in [6.45, 7) is 1.42. The maximum Gasteiger partial charge on any atom is 0.523 e. The van der Waals surface area contributed by atoms with Crippen LogP contribution in [-0.2, 0) is 23.8 Å². The molecule has 1 aliphatic carbocycles. The molecule has 5 nitrogen and oxygen atoms in total. The lowest BCUT2D eigenvalue weighted by Crippen LogP contribution is -2.36. The van der Waals surface area contributed by atoms with Crippen LogP contribution in [0.25, 0.3) is 0 Å². The second-order valence-corrected chi connectivity index (χ2v) is 6.54. The number of ether oxygens (including phenoxy) is 1. The Morgan fingerprint density at radius 3 is 2.29 bits per heavy atom. The Hall–Kier alpha value is -0.830. The zero-order chi connectivity index (χ0) is 16.1. The molecule has 9 heteroatoms. The monoisotopic (exact) mass is 332 g/mol. The van der Waals surface area contributed by atoms with Gasteiger partial charge in [0.15, 0.2) is 6.10 Å². The van der Waals surface area contributed by atoms with E-state index in [4.69, 9.17) is 0 Å². The summed E-state index contributed by atoms with van der Waals surface area (Å²) in [6, 6.07) is 0. The topological polar surface area (TPSA) is 69.7 Å². The quantitative estimate of drug-likeness (QED) is 0.425. The number of halogens is 3. The van der Waals surface area contributed by atoms with Gasteiger partial charge in [-0.15, -0.1) is 0 Å². The van der Waals surface area contributed by atoms with E-state index in [0.717, 1.165) is 32.1 Å². The van der Waals surface area contributed by atoms with Crippen LogP contribution in [0.3, 0.4) is 0 Å². The molecule has 0 aliphatic heterocycles. The van der Waals surface area contributed by atoms with Gasteiger partial charge in [-0.2, -0.15) is 21.6 Å². The van der Waals surface area contributed by atoms with Crippen LogP contribution in [0.2, 0.25) is 0 Å². The van der Waals surface area contributed by atoms with Crippen LogP contribution in [0.5, 0.6) is 0 Å². The van der Waals surface area contributed by atoms with Crippen molar-refractivity contribution in [2.75, 3.05) is 6.61 Å². The van der Waals surface area contributed by atoms with E-state index in [2.05, 4.69) is 8.92 Å². The predicted octanol–water partition coefficient (Wildman–Crippen LogP) is 2.75. The number of carbonyl (C=O) groups is 1. The van der Waals surface area contributed by atoms with Crippen molar-refractivity contribution in [2.24, 2.45) is 5.92 Å². The largest absolute Gasteiger partial charge is 0.523 e. The summed E-state index contributed by atoms with van der Waals surface area (Å²) in [6.07, 6.45) is 2.52. The average Bonchev–Trinajstić information content (AvgIpc) is 2.38. The fraction of sp³-hybridized carbons (Fsp3) is 0.917. The Kier molecular flexibility index (Phi) is 6.45. The van der Waals surface area contributed by atoms with Gasteiger partial charge in [-0.3, -0.25) is 0 Å². The van der Waals surface area contributed by atoms with Crippen molar-refractivity contribution in [1.82, 2.24) is 0 Å². The molecule has 0 aromatic rings. The molecule has 124 valence electrons. The van der Waals surface area contributed by atoms with E-state index in [1.54, 1.807) is 0 Å². The molecule has 0 aromatic carbocycles. The summed E-state index contributed by atoms with van der Waals surface area (Å²) >= 11 is 0. The number of esters is 1. The zero-order valence-electron chi connectivity index (χ0n) is 11.7. The minimum atomic E-state index is -5.81. The highest BCUT2D eigenvalue weighted by molar-refractivity contribution is 7.87. The van der Waals surface area contributed by atoms with Gasteiger partial charge in [-0.1, -0.05) is 32.1 Å². The SMILES string of the molecule is CCOC(=O)[C@H](CC1CCCCC1)OS(=O)(=O)C(F)(F)F. The van der Waals surface area contributed by atoms with E-state index in [1.807, 2.05) is 0 Å². The lowest BCUT2D eigenvalue weighted by molar-refractivity contribution is -0.153. The predicted molar refractivity (Wildman–Crippen MR) is 67.7 cm³/mol. The Morgan fingerprint density at radius 2 is 1.81 bits per heavy atom. The van der Waals surface area contributed by atoms with Crippen LogP contribution in [0.1, 0.15) is 45.4 Å².